The number of hydrogen-bond donors (Lipinski definition) is 5. The average molecular weight is 935 g/mol. The minimum atomic E-state index is -5.43. The number of alkyl halides is 4. The van der Waals surface area contributed by atoms with Crippen LogP contribution in [0.15, 0.2) is 18.2 Å². The second-order valence-electron chi connectivity index (χ2n) is 17.9. The van der Waals surface area contributed by atoms with Crippen LogP contribution in [0.4, 0.5) is 17.6 Å². The van der Waals surface area contributed by atoms with Gasteiger partial charge in [0.25, 0.3) is 5.91 Å². The zero-order valence-corrected chi connectivity index (χ0v) is 37.5. The number of nitrogens with one attached hydrogen (secondary N) is 4. The third-order valence-corrected chi connectivity index (χ3v) is 13.3. The molecule has 5 rings (SSSR count). The Hall–Kier alpha value is -4.23. The van der Waals surface area contributed by atoms with E-state index in [-0.39, 0.29) is 50.1 Å². The summed E-state index contributed by atoms with van der Waals surface area (Å²) in [6.45, 7) is 3.15. The molecule has 1 aromatic rings. The van der Waals surface area contributed by atoms with E-state index < -0.39 is 114 Å². The maximum Gasteiger partial charge on any atom is 0.426 e. The summed E-state index contributed by atoms with van der Waals surface area (Å²) >= 11 is 12.8. The number of rotatable bonds is 10. The highest BCUT2D eigenvalue weighted by atomic mass is 35.5. The third kappa shape index (κ3) is 11.4. The van der Waals surface area contributed by atoms with Gasteiger partial charge in [-0.3, -0.25) is 33.6 Å². The summed E-state index contributed by atoms with van der Waals surface area (Å²) in [5.74, 6) is -6.82. The lowest BCUT2D eigenvalue weighted by atomic mass is 9.79. The second-order valence-corrected chi connectivity index (χ2v) is 18.8. The summed E-state index contributed by atoms with van der Waals surface area (Å²) in [5.41, 5.74) is -4.66. The third-order valence-electron chi connectivity index (χ3n) is 12.7. The lowest BCUT2D eigenvalue weighted by molar-refractivity contribution is -0.250. The molecule has 4 aliphatic rings. The molecule has 2 saturated carbocycles. The number of benzene rings is 1. The molecule has 2 heterocycles. The summed E-state index contributed by atoms with van der Waals surface area (Å²) in [5, 5.41) is 21.8. The highest BCUT2D eigenvalue weighted by Crippen LogP contribution is 2.37. The van der Waals surface area contributed by atoms with Crippen molar-refractivity contribution in [3.05, 3.63) is 33.8 Å². The van der Waals surface area contributed by atoms with E-state index in [0.29, 0.717) is 54.0 Å². The van der Waals surface area contributed by atoms with Crippen LogP contribution in [0.5, 0.6) is 0 Å². The minimum absolute atomic E-state index is 0.0342. The first kappa shape index (κ1) is 49.8. The first-order valence-corrected chi connectivity index (χ1v) is 22.1. The van der Waals surface area contributed by atoms with Crippen molar-refractivity contribution in [3.63, 3.8) is 0 Å². The fourth-order valence-electron chi connectivity index (χ4n) is 8.30. The normalized spacial score (nSPS) is 26.6. The molecule has 0 aromatic heterocycles. The van der Waals surface area contributed by atoms with Gasteiger partial charge in [0.05, 0.1) is 6.54 Å². The molecule has 2 saturated heterocycles. The molecule has 63 heavy (non-hydrogen) atoms. The Morgan fingerprint density at radius 2 is 1.70 bits per heavy atom. The zero-order valence-electron chi connectivity index (χ0n) is 36.0. The average Bonchev–Trinajstić information content (AvgIpc) is 3.86. The molecule has 1 spiro atoms. The van der Waals surface area contributed by atoms with Crippen LogP contribution >= 0.6 is 23.2 Å². The minimum Gasteiger partial charge on any atom is -0.373 e. The van der Waals surface area contributed by atoms with Crippen molar-refractivity contribution in [1.29, 1.82) is 0 Å². The number of nitrogens with zero attached hydrogens (tertiary/aromatic N) is 3. The molecule has 0 radical (unpaired) electrons. The first-order chi connectivity index (χ1) is 29.4. The lowest BCUT2D eigenvalue weighted by Gasteiger charge is -2.39. The van der Waals surface area contributed by atoms with Crippen LogP contribution in [0.3, 0.4) is 0 Å². The van der Waals surface area contributed by atoms with Gasteiger partial charge in [0.1, 0.15) is 41.9 Å². The molecule has 0 unspecified atom stereocenters. The van der Waals surface area contributed by atoms with E-state index in [9.17, 15) is 56.2 Å². The molecule has 4 fully saturated rings. The maximum absolute atomic E-state index is 14.7. The van der Waals surface area contributed by atoms with Gasteiger partial charge < -0.3 is 41.1 Å². The molecule has 21 heteroatoms. The van der Waals surface area contributed by atoms with E-state index in [0.717, 1.165) is 4.90 Å². The summed E-state index contributed by atoms with van der Waals surface area (Å²) < 4.78 is 55.6. The van der Waals surface area contributed by atoms with Gasteiger partial charge in [0.2, 0.25) is 41.0 Å². The van der Waals surface area contributed by atoms with Crippen molar-refractivity contribution in [3.8, 4) is 0 Å². The summed E-state index contributed by atoms with van der Waals surface area (Å²) in [6, 6.07) is -2.11. The van der Waals surface area contributed by atoms with Crippen LogP contribution in [0.1, 0.15) is 90.5 Å². The largest absolute Gasteiger partial charge is 0.426 e. The van der Waals surface area contributed by atoms with E-state index >= 15 is 0 Å². The van der Waals surface area contributed by atoms with Gasteiger partial charge in [0, 0.05) is 43.5 Å². The Morgan fingerprint density at radius 3 is 2.29 bits per heavy atom. The molecule has 1 aromatic carbocycles. The number of aliphatic hydroxyl groups is 1. The van der Waals surface area contributed by atoms with E-state index in [1.54, 1.807) is 18.2 Å². The predicted octanol–water partition coefficient (Wildman–Crippen LogP) is 3.21. The van der Waals surface area contributed by atoms with Gasteiger partial charge in [-0.2, -0.15) is 13.2 Å². The summed E-state index contributed by atoms with van der Waals surface area (Å²) in [4.78, 5) is 100. The molecular formula is C42H57Cl2F4N7O8. The van der Waals surface area contributed by atoms with Gasteiger partial charge in [0.15, 0.2) is 0 Å². The van der Waals surface area contributed by atoms with Crippen LogP contribution in [-0.4, -0.2) is 142 Å². The quantitative estimate of drug-likeness (QED) is 0.221. The van der Waals surface area contributed by atoms with Crippen LogP contribution in [0.2, 0.25) is 10.0 Å². The number of likely N-dealkylation sites (N-methyl/N-ethyl adjacent to an activating group) is 2. The predicted molar refractivity (Wildman–Crippen MR) is 223 cm³/mol. The number of halogens is 6. The number of amides is 7. The van der Waals surface area contributed by atoms with E-state index in [2.05, 4.69) is 21.3 Å². The van der Waals surface area contributed by atoms with E-state index in [1.165, 1.54) is 19.0 Å². The number of likely N-dealkylation sites (tertiary alicyclic amines) is 1. The van der Waals surface area contributed by atoms with Crippen molar-refractivity contribution >= 4 is 64.6 Å². The topological polar surface area (TPSA) is 198 Å². The Morgan fingerprint density at radius 1 is 1.03 bits per heavy atom. The van der Waals surface area contributed by atoms with Crippen molar-refractivity contribution in [2.75, 3.05) is 27.2 Å². The smallest absolute Gasteiger partial charge is 0.373 e. The Kier molecular flexibility index (Phi) is 15.7. The molecule has 350 valence electrons. The Labute approximate surface area is 373 Å². The van der Waals surface area contributed by atoms with Gasteiger partial charge in [-0.15, -0.1) is 0 Å². The molecule has 2 aliphatic heterocycles. The van der Waals surface area contributed by atoms with Gasteiger partial charge in [-0.25, -0.2) is 4.39 Å². The number of hydrogen-bond acceptors (Lipinski definition) is 8. The highest BCUT2D eigenvalue weighted by molar-refractivity contribution is 6.33. The Balaban J connectivity index is 1.43. The maximum atomic E-state index is 14.7. The van der Waals surface area contributed by atoms with Gasteiger partial charge in [-0.05, 0) is 93.9 Å². The SMILES string of the molecule is CC(C)C[C@@H]1NC(=O)[C@@H](N(C)C(=O)[C@@H](NC(=O)[C@@H]2C[C@@H](F)CN2C(=O)[C@@](C)(O)C(F)(F)F)C2CCC2)CCCCNC(=O)C2(CC2)NC(=O)[C@H](Cc2cc(Cl)ccc2Cl)N(C)C1=O. The molecule has 2 aliphatic carbocycles. The van der Waals surface area contributed by atoms with E-state index in [4.69, 9.17) is 23.2 Å². The Bertz CT molecular complexity index is 1930. The van der Waals surface area contributed by atoms with E-state index in [1.807, 2.05) is 13.8 Å². The van der Waals surface area contributed by atoms with Crippen LogP contribution in [0, 0.1) is 11.8 Å². The molecule has 15 nitrogen and oxygen atoms in total. The van der Waals surface area contributed by atoms with Crippen molar-refractivity contribution < 1.29 is 56.2 Å². The second kappa shape index (κ2) is 19.9. The summed E-state index contributed by atoms with van der Waals surface area (Å²) in [7, 11) is 2.74. The first-order valence-electron chi connectivity index (χ1n) is 21.3. The van der Waals surface area contributed by atoms with Crippen LogP contribution in [0.25, 0.3) is 0 Å². The van der Waals surface area contributed by atoms with Crippen LogP contribution < -0.4 is 21.3 Å². The standard InChI is InChI=1S/C42H57Cl2F4N7O8/c1-22(2)17-28-36(59)54(5)30(19-24-18-25(43)12-13-27(24)44)35(58)52-41(14-15-41)38(61)49-16-7-6-11-29(33(56)50-28)53(4)37(60)32(23-9-8-10-23)51-34(57)31-20-26(45)21-55(31)39(62)40(3,63)42(46,47)48/h12-13,18,22-23,26,28-32,63H,6-11,14-17,19-21H2,1-5H3,(H,49,61)(H,50,56)(H,51,57)(H,52,58)/t26-,28+,29+,30+,31+,32+,40-/m1/s1. The highest BCUT2D eigenvalue weighted by Gasteiger charge is 2.60. The van der Waals surface area contributed by atoms with Gasteiger partial charge in [-0.1, -0.05) is 43.5 Å². The molecule has 0 bridgehead atoms. The zero-order chi connectivity index (χ0) is 46.8. The van der Waals surface area contributed by atoms with Gasteiger partial charge >= 0.3 is 6.18 Å². The fraction of sp³-hybridized carbons (Fsp3) is 0.690. The van der Waals surface area contributed by atoms with Crippen molar-refractivity contribution in [2.45, 2.75) is 145 Å². The molecule has 7 atom stereocenters. The number of carbonyl (C=O) groups excluding carboxylic acids is 7. The molecule has 7 amide bonds. The van der Waals surface area contributed by atoms with Crippen LogP contribution in [-0.2, 0) is 40.0 Å². The van der Waals surface area contributed by atoms with Crippen molar-refractivity contribution in [2.24, 2.45) is 11.8 Å². The molecular weight excluding hydrogens is 877 g/mol. The van der Waals surface area contributed by atoms with Crippen molar-refractivity contribution in [1.82, 2.24) is 36.0 Å². The lowest BCUT2D eigenvalue weighted by Crippen LogP contribution is -2.62. The molecule has 5 N–H and O–H groups in total. The monoisotopic (exact) mass is 933 g/mol. The summed E-state index contributed by atoms with van der Waals surface area (Å²) in [6.07, 6.45) is -5.00. The number of carbonyl (C=O) groups is 7. The fourth-order valence-corrected chi connectivity index (χ4v) is 8.69.